The minimum Gasteiger partial charge on any atom is -0.462 e. The number of esters is 4. The summed E-state index contributed by atoms with van der Waals surface area (Å²) in [5.74, 6) is -2.20. The molecule has 0 heterocycles. The van der Waals surface area contributed by atoms with Crippen LogP contribution in [-0.4, -0.2) is 96.7 Å². The highest BCUT2D eigenvalue weighted by Crippen LogP contribution is 2.45. The van der Waals surface area contributed by atoms with Crippen molar-refractivity contribution in [2.75, 3.05) is 39.6 Å². The first-order valence-electron chi connectivity index (χ1n) is 38.5. The Hall–Kier alpha value is -3.24. The van der Waals surface area contributed by atoms with Crippen molar-refractivity contribution in [2.45, 2.75) is 367 Å². The second-order valence-corrected chi connectivity index (χ2v) is 28.8. The molecule has 0 amide bonds. The highest BCUT2D eigenvalue weighted by molar-refractivity contribution is 7.47. The largest absolute Gasteiger partial charge is 0.472 e. The van der Waals surface area contributed by atoms with Crippen molar-refractivity contribution in [3.8, 4) is 0 Å². The van der Waals surface area contributed by atoms with Crippen LogP contribution in [-0.2, 0) is 65.4 Å². The van der Waals surface area contributed by atoms with Crippen molar-refractivity contribution in [1.82, 2.24) is 0 Å². The van der Waals surface area contributed by atoms with E-state index in [9.17, 15) is 43.2 Å². The van der Waals surface area contributed by atoms with Gasteiger partial charge < -0.3 is 33.8 Å². The monoisotopic (exact) mass is 1400 g/mol. The van der Waals surface area contributed by atoms with E-state index in [0.29, 0.717) is 25.7 Å². The molecule has 19 heteroatoms. The molecule has 5 unspecified atom stereocenters. The number of hydrogen-bond acceptors (Lipinski definition) is 15. The van der Waals surface area contributed by atoms with Gasteiger partial charge in [0.2, 0.25) is 0 Å². The standard InChI is InChI=1S/C77H140O17P2/c1-5-9-13-17-21-25-29-33-35-39-41-45-49-53-57-61-74(79)87-67-72(93-76(81)63-59-55-51-47-43-37-31-27-23-19-15-11-7-3)69-91-95(83,84)89-65-71(78)66-90-96(85,86)92-70-73(94-77(82)64-60-56-52-48-44-38-32-28-24-20-16-12-8-4)68-88-75(80)62-58-54-50-46-42-40-36-34-30-26-22-18-14-10-6-2/h9,13,21,25,28,32-33,35,41,45,71-73,78H,5-8,10-12,14-20,22-24,26-27,29-31,34,36-40,42-44,46-70H2,1-4H3,(H,83,84)(H,85,86)/b13-9-,25-21-,32-28-,35-33-,45-41-. The first kappa shape index (κ1) is 92.8. The summed E-state index contributed by atoms with van der Waals surface area (Å²) in [5, 5.41) is 10.6. The van der Waals surface area contributed by atoms with Gasteiger partial charge in [-0.05, 0) is 89.9 Å². The van der Waals surface area contributed by atoms with Crippen LogP contribution >= 0.6 is 15.6 Å². The van der Waals surface area contributed by atoms with Crippen LogP contribution in [0.2, 0.25) is 0 Å². The van der Waals surface area contributed by atoms with E-state index >= 15 is 0 Å². The Kier molecular flexibility index (Phi) is 67.8. The molecule has 0 fully saturated rings. The van der Waals surface area contributed by atoms with E-state index < -0.39 is 97.5 Å². The lowest BCUT2D eigenvalue weighted by Gasteiger charge is -2.21. The second kappa shape index (κ2) is 70.2. The fourth-order valence-electron chi connectivity index (χ4n) is 10.6. The number of phosphoric ester groups is 2. The lowest BCUT2D eigenvalue weighted by atomic mass is 10.0. The fraction of sp³-hybridized carbons (Fsp3) is 0.818. The quantitative estimate of drug-likeness (QED) is 0.0169. The van der Waals surface area contributed by atoms with Crippen LogP contribution < -0.4 is 0 Å². The van der Waals surface area contributed by atoms with Crippen molar-refractivity contribution >= 4 is 39.5 Å². The van der Waals surface area contributed by atoms with Gasteiger partial charge in [0, 0.05) is 25.7 Å². The summed E-state index contributed by atoms with van der Waals surface area (Å²) in [4.78, 5) is 72.8. The molecular weight excluding hydrogens is 1260 g/mol. The number of hydrogen-bond donors (Lipinski definition) is 3. The van der Waals surface area contributed by atoms with E-state index in [4.69, 9.17) is 37.0 Å². The summed E-state index contributed by atoms with van der Waals surface area (Å²) in [6.45, 7) is 4.75. The van der Waals surface area contributed by atoms with E-state index in [0.717, 1.165) is 122 Å². The molecular formula is C77H140O17P2. The normalized spacial score (nSPS) is 14.3. The Morgan fingerprint density at radius 2 is 0.542 bits per heavy atom. The number of aliphatic hydroxyl groups is 1. The zero-order valence-corrected chi connectivity index (χ0v) is 62.8. The van der Waals surface area contributed by atoms with Crippen molar-refractivity contribution in [3.63, 3.8) is 0 Å². The maximum Gasteiger partial charge on any atom is 0.472 e. The van der Waals surface area contributed by atoms with Gasteiger partial charge in [-0.2, -0.15) is 0 Å². The number of unbranched alkanes of at least 4 members (excludes halogenated alkanes) is 37. The highest BCUT2D eigenvalue weighted by atomic mass is 31.2. The minimum absolute atomic E-state index is 0.0898. The van der Waals surface area contributed by atoms with Gasteiger partial charge in [0.25, 0.3) is 0 Å². The zero-order chi connectivity index (χ0) is 70.4. The maximum atomic E-state index is 13.1. The third-order valence-corrected chi connectivity index (χ3v) is 18.4. The fourth-order valence-corrected chi connectivity index (χ4v) is 12.2. The molecule has 17 nitrogen and oxygen atoms in total. The third-order valence-electron chi connectivity index (χ3n) is 16.5. The molecule has 0 saturated carbocycles. The third kappa shape index (κ3) is 69.2. The lowest BCUT2D eigenvalue weighted by Crippen LogP contribution is -2.30. The Morgan fingerprint density at radius 1 is 0.302 bits per heavy atom. The van der Waals surface area contributed by atoms with Gasteiger partial charge in [0.15, 0.2) is 12.2 Å². The van der Waals surface area contributed by atoms with Gasteiger partial charge in [-0.15, -0.1) is 0 Å². The molecule has 560 valence electrons. The van der Waals surface area contributed by atoms with Crippen molar-refractivity contribution in [3.05, 3.63) is 60.8 Å². The van der Waals surface area contributed by atoms with Gasteiger partial charge in [-0.1, -0.05) is 294 Å². The molecule has 0 aliphatic heterocycles. The molecule has 96 heavy (non-hydrogen) atoms. The molecule has 0 aromatic carbocycles. The Morgan fingerprint density at radius 3 is 0.875 bits per heavy atom. The summed E-state index contributed by atoms with van der Waals surface area (Å²) >= 11 is 0. The Bertz CT molecular complexity index is 2060. The van der Waals surface area contributed by atoms with Gasteiger partial charge in [-0.3, -0.25) is 37.3 Å². The maximum absolute atomic E-state index is 13.1. The molecule has 3 N–H and O–H groups in total. The van der Waals surface area contributed by atoms with E-state index in [1.165, 1.54) is 148 Å². The van der Waals surface area contributed by atoms with Crippen molar-refractivity contribution in [2.24, 2.45) is 0 Å². The topological polar surface area (TPSA) is 237 Å². The Labute approximate surface area is 584 Å². The van der Waals surface area contributed by atoms with Gasteiger partial charge in [0.05, 0.1) is 26.4 Å². The van der Waals surface area contributed by atoms with Crippen molar-refractivity contribution < 1.29 is 80.2 Å². The van der Waals surface area contributed by atoms with Crippen LogP contribution in [0.4, 0.5) is 0 Å². The molecule has 0 rings (SSSR count). The average molecular weight is 1400 g/mol. The lowest BCUT2D eigenvalue weighted by molar-refractivity contribution is -0.161. The Balaban J connectivity index is 5.33. The predicted molar refractivity (Wildman–Crippen MR) is 390 cm³/mol. The number of allylic oxidation sites excluding steroid dienone is 10. The highest BCUT2D eigenvalue weighted by Gasteiger charge is 2.30. The number of carbonyl (C=O) groups excluding carboxylic acids is 4. The summed E-state index contributed by atoms with van der Waals surface area (Å²) in [6.07, 6.45) is 67.8. The molecule has 0 radical (unpaired) electrons. The van der Waals surface area contributed by atoms with Gasteiger partial charge in [0.1, 0.15) is 19.3 Å². The summed E-state index contributed by atoms with van der Waals surface area (Å²) in [5.41, 5.74) is 0. The van der Waals surface area contributed by atoms with Gasteiger partial charge in [-0.25, -0.2) is 9.13 Å². The summed E-state index contributed by atoms with van der Waals surface area (Å²) < 4.78 is 68.4. The molecule has 0 spiro atoms. The number of rotatable bonds is 73. The van der Waals surface area contributed by atoms with Crippen LogP contribution in [0.25, 0.3) is 0 Å². The smallest absolute Gasteiger partial charge is 0.462 e. The van der Waals surface area contributed by atoms with Crippen LogP contribution in [0.1, 0.15) is 349 Å². The SMILES string of the molecule is CC/C=C\C/C=C\C/C=C\C/C=C\CCCCC(=O)OCC(COP(=O)(O)OCC(O)COP(=O)(O)OCC(COC(=O)CCCCCCCCCCCCCCCCC)OC(=O)CCCCCCC/C=C\CCCCCC)OC(=O)CCCCCCCCCCCCCCC. The van der Waals surface area contributed by atoms with E-state index in [1.54, 1.807) is 0 Å². The number of carbonyl (C=O) groups is 4. The van der Waals surface area contributed by atoms with Crippen LogP contribution in [0.15, 0.2) is 60.8 Å². The number of phosphoric acid groups is 2. The molecule has 0 bridgehead atoms. The molecule has 0 aromatic heterocycles. The van der Waals surface area contributed by atoms with Crippen LogP contribution in [0.5, 0.6) is 0 Å². The number of ether oxygens (including phenoxy) is 4. The van der Waals surface area contributed by atoms with E-state index in [1.807, 2.05) is 0 Å². The summed E-state index contributed by atoms with van der Waals surface area (Å²) in [7, 11) is -9.94. The first-order chi connectivity index (χ1) is 46.7. The average Bonchev–Trinajstić information content (AvgIpc) is 1.14. The van der Waals surface area contributed by atoms with Crippen molar-refractivity contribution in [1.29, 1.82) is 0 Å². The molecule has 5 atom stereocenters. The van der Waals surface area contributed by atoms with E-state index in [-0.39, 0.29) is 25.7 Å². The summed E-state index contributed by atoms with van der Waals surface area (Å²) in [6, 6.07) is 0. The zero-order valence-electron chi connectivity index (χ0n) is 61.1. The molecule has 0 aromatic rings. The number of aliphatic hydroxyl groups excluding tert-OH is 1. The van der Waals surface area contributed by atoms with E-state index in [2.05, 4.69) is 88.5 Å². The molecule has 0 saturated heterocycles. The first-order valence-corrected chi connectivity index (χ1v) is 41.5. The molecule has 0 aliphatic rings. The predicted octanol–water partition coefficient (Wildman–Crippen LogP) is 21.9. The minimum atomic E-state index is -4.97. The van der Waals surface area contributed by atoms with Crippen LogP contribution in [0, 0.1) is 0 Å². The van der Waals surface area contributed by atoms with Gasteiger partial charge >= 0.3 is 39.5 Å². The second-order valence-electron chi connectivity index (χ2n) is 25.9. The molecule has 0 aliphatic carbocycles. The van der Waals surface area contributed by atoms with Crippen LogP contribution in [0.3, 0.4) is 0 Å².